The Balaban J connectivity index is 1.60. The van der Waals surface area contributed by atoms with Crippen LogP contribution >= 0.6 is 0 Å². The molecule has 154 valence electrons. The second-order valence-electron chi connectivity index (χ2n) is 7.25. The SMILES string of the molecule is CCOC(=O)[C@@H]1CCCN(C(=O)CCc2nnc(-c3cccc(C)c3)[nH]c2=O)C1. The number of nitrogens with one attached hydrogen (secondary N) is 1. The van der Waals surface area contributed by atoms with E-state index in [1.807, 2.05) is 31.2 Å². The number of aryl methyl sites for hydroxylation is 2. The number of aromatic nitrogens is 3. The summed E-state index contributed by atoms with van der Waals surface area (Å²) in [6.45, 7) is 5.05. The first kappa shape index (κ1) is 20.7. The third-order valence-electron chi connectivity index (χ3n) is 5.03. The van der Waals surface area contributed by atoms with E-state index in [4.69, 9.17) is 4.74 Å². The highest BCUT2D eigenvalue weighted by Gasteiger charge is 2.29. The van der Waals surface area contributed by atoms with E-state index in [1.165, 1.54) is 0 Å². The number of likely N-dealkylation sites (tertiary alicyclic amines) is 1. The molecule has 0 aliphatic carbocycles. The summed E-state index contributed by atoms with van der Waals surface area (Å²) in [7, 11) is 0. The number of aromatic amines is 1. The first-order valence-electron chi connectivity index (χ1n) is 9.95. The lowest BCUT2D eigenvalue weighted by molar-refractivity contribution is -0.151. The smallest absolute Gasteiger partial charge is 0.310 e. The van der Waals surface area contributed by atoms with Crippen LogP contribution in [0.3, 0.4) is 0 Å². The van der Waals surface area contributed by atoms with E-state index in [1.54, 1.807) is 11.8 Å². The highest BCUT2D eigenvalue weighted by Crippen LogP contribution is 2.19. The summed E-state index contributed by atoms with van der Waals surface area (Å²) in [6, 6.07) is 7.62. The maximum absolute atomic E-state index is 12.5. The predicted octanol–water partition coefficient (Wildman–Crippen LogP) is 1.87. The van der Waals surface area contributed by atoms with Crippen LogP contribution in [0, 0.1) is 12.8 Å². The minimum atomic E-state index is -0.340. The number of H-pyrrole nitrogens is 1. The monoisotopic (exact) mass is 398 g/mol. The molecule has 1 aromatic heterocycles. The molecule has 2 aromatic rings. The summed E-state index contributed by atoms with van der Waals surface area (Å²) in [4.78, 5) is 41.3. The van der Waals surface area contributed by atoms with Crippen molar-refractivity contribution in [1.82, 2.24) is 20.1 Å². The van der Waals surface area contributed by atoms with E-state index in [2.05, 4.69) is 15.2 Å². The second kappa shape index (κ2) is 9.45. The summed E-state index contributed by atoms with van der Waals surface area (Å²) in [5, 5.41) is 8.14. The Morgan fingerprint density at radius 3 is 2.86 bits per heavy atom. The summed E-state index contributed by atoms with van der Waals surface area (Å²) < 4.78 is 5.07. The fraction of sp³-hybridized carbons (Fsp3) is 0.476. The number of piperidine rings is 1. The van der Waals surface area contributed by atoms with Gasteiger partial charge in [-0.3, -0.25) is 14.4 Å². The third kappa shape index (κ3) is 5.28. The molecule has 1 N–H and O–H groups in total. The van der Waals surface area contributed by atoms with Crippen molar-refractivity contribution in [2.24, 2.45) is 5.92 Å². The van der Waals surface area contributed by atoms with Crippen LogP contribution in [0.5, 0.6) is 0 Å². The fourth-order valence-corrected chi connectivity index (χ4v) is 3.49. The van der Waals surface area contributed by atoms with Crippen molar-refractivity contribution >= 4 is 11.9 Å². The van der Waals surface area contributed by atoms with Gasteiger partial charge in [0.2, 0.25) is 5.91 Å². The van der Waals surface area contributed by atoms with E-state index in [0.29, 0.717) is 25.5 Å². The number of benzene rings is 1. The molecule has 0 unspecified atom stereocenters. The molecule has 1 aliphatic rings. The molecule has 0 spiro atoms. The van der Waals surface area contributed by atoms with Gasteiger partial charge in [0.05, 0.1) is 12.5 Å². The molecule has 29 heavy (non-hydrogen) atoms. The minimum absolute atomic E-state index is 0.0945. The van der Waals surface area contributed by atoms with E-state index >= 15 is 0 Å². The lowest BCUT2D eigenvalue weighted by Gasteiger charge is -2.31. The number of esters is 1. The van der Waals surface area contributed by atoms with Gasteiger partial charge in [-0.2, -0.15) is 0 Å². The molecule has 0 radical (unpaired) electrons. The molecule has 0 saturated carbocycles. The lowest BCUT2D eigenvalue weighted by atomic mass is 9.98. The van der Waals surface area contributed by atoms with Crippen molar-refractivity contribution in [3.63, 3.8) is 0 Å². The summed E-state index contributed by atoms with van der Waals surface area (Å²) in [6.07, 6.45) is 1.85. The second-order valence-corrected chi connectivity index (χ2v) is 7.25. The molecular formula is C21H26N4O4. The topological polar surface area (TPSA) is 105 Å². The molecule has 0 bridgehead atoms. The number of hydrogen-bond donors (Lipinski definition) is 1. The van der Waals surface area contributed by atoms with Gasteiger partial charge < -0.3 is 14.6 Å². The number of ether oxygens (including phenoxy) is 1. The van der Waals surface area contributed by atoms with Crippen LogP contribution in [-0.2, 0) is 20.7 Å². The first-order valence-corrected chi connectivity index (χ1v) is 9.95. The van der Waals surface area contributed by atoms with Gasteiger partial charge in [-0.05, 0) is 32.8 Å². The average molecular weight is 398 g/mol. The maximum Gasteiger partial charge on any atom is 0.310 e. The molecule has 1 aromatic carbocycles. The van der Waals surface area contributed by atoms with Crippen molar-refractivity contribution in [2.45, 2.75) is 39.5 Å². The number of amides is 1. The van der Waals surface area contributed by atoms with Crippen molar-refractivity contribution < 1.29 is 14.3 Å². The van der Waals surface area contributed by atoms with Gasteiger partial charge in [-0.25, -0.2) is 0 Å². The molecule has 1 aliphatic heterocycles. The van der Waals surface area contributed by atoms with Crippen LogP contribution in [0.2, 0.25) is 0 Å². The van der Waals surface area contributed by atoms with Gasteiger partial charge in [0.25, 0.3) is 5.56 Å². The quantitative estimate of drug-likeness (QED) is 0.745. The van der Waals surface area contributed by atoms with Gasteiger partial charge in [0.1, 0.15) is 5.69 Å². The molecule has 1 atom stereocenters. The number of carbonyl (C=O) groups excluding carboxylic acids is 2. The normalized spacial score (nSPS) is 16.5. The summed E-state index contributed by atoms with van der Waals surface area (Å²) >= 11 is 0. The molecule has 8 heteroatoms. The zero-order valence-corrected chi connectivity index (χ0v) is 16.8. The van der Waals surface area contributed by atoms with Gasteiger partial charge >= 0.3 is 5.97 Å². The van der Waals surface area contributed by atoms with E-state index < -0.39 is 0 Å². The van der Waals surface area contributed by atoms with Crippen LogP contribution in [0.1, 0.15) is 37.4 Å². The van der Waals surface area contributed by atoms with Crippen molar-refractivity contribution in [3.8, 4) is 11.4 Å². The van der Waals surface area contributed by atoms with Crippen LogP contribution in [0.4, 0.5) is 0 Å². The van der Waals surface area contributed by atoms with Crippen LogP contribution in [-0.4, -0.2) is 51.7 Å². The van der Waals surface area contributed by atoms with Crippen molar-refractivity contribution in [1.29, 1.82) is 0 Å². The Labute approximate surface area is 169 Å². The highest BCUT2D eigenvalue weighted by molar-refractivity contribution is 5.78. The number of hydrogen-bond acceptors (Lipinski definition) is 6. The zero-order chi connectivity index (χ0) is 20.8. The molecule has 1 amide bonds. The Hall–Kier alpha value is -3.03. The van der Waals surface area contributed by atoms with Crippen molar-refractivity contribution in [2.75, 3.05) is 19.7 Å². The Morgan fingerprint density at radius 1 is 1.31 bits per heavy atom. The molecule has 2 heterocycles. The Kier molecular flexibility index (Phi) is 6.74. The molecule has 1 fully saturated rings. The number of nitrogens with zero attached hydrogens (tertiary/aromatic N) is 3. The largest absolute Gasteiger partial charge is 0.466 e. The predicted molar refractivity (Wildman–Crippen MR) is 107 cm³/mol. The highest BCUT2D eigenvalue weighted by atomic mass is 16.5. The van der Waals surface area contributed by atoms with E-state index in [9.17, 15) is 14.4 Å². The van der Waals surface area contributed by atoms with Gasteiger partial charge in [0, 0.05) is 31.5 Å². The van der Waals surface area contributed by atoms with Gasteiger partial charge in [0.15, 0.2) is 5.82 Å². The lowest BCUT2D eigenvalue weighted by Crippen LogP contribution is -2.43. The molecule has 1 saturated heterocycles. The Bertz CT molecular complexity index is 940. The maximum atomic E-state index is 12.5. The Morgan fingerprint density at radius 2 is 2.14 bits per heavy atom. The van der Waals surface area contributed by atoms with E-state index in [0.717, 1.165) is 24.0 Å². The third-order valence-corrected chi connectivity index (χ3v) is 5.03. The summed E-state index contributed by atoms with van der Waals surface area (Å²) in [5.41, 5.74) is 1.74. The van der Waals surface area contributed by atoms with Crippen LogP contribution < -0.4 is 5.56 Å². The summed E-state index contributed by atoms with van der Waals surface area (Å²) in [5.74, 6) is -0.214. The fourth-order valence-electron chi connectivity index (χ4n) is 3.49. The number of carbonyl (C=O) groups is 2. The average Bonchev–Trinajstić information content (AvgIpc) is 2.73. The van der Waals surface area contributed by atoms with Crippen LogP contribution in [0.15, 0.2) is 29.1 Å². The number of rotatable bonds is 6. The van der Waals surface area contributed by atoms with Crippen LogP contribution in [0.25, 0.3) is 11.4 Å². The van der Waals surface area contributed by atoms with E-state index in [-0.39, 0.29) is 41.9 Å². The van der Waals surface area contributed by atoms with Gasteiger partial charge in [-0.1, -0.05) is 23.8 Å². The molecule has 8 nitrogen and oxygen atoms in total. The van der Waals surface area contributed by atoms with Gasteiger partial charge in [-0.15, -0.1) is 10.2 Å². The molecule has 3 rings (SSSR count). The minimum Gasteiger partial charge on any atom is -0.466 e. The molecular weight excluding hydrogens is 372 g/mol. The standard InChI is InChI=1S/C21H26N4O4/c1-3-29-21(28)16-8-5-11-25(13-16)18(26)10-9-17-20(27)22-19(24-23-17)15-7-4-6-14(2)12-15/h4,6-7,12,16H,3,5,8-11,13H2,1-2H3,(H,22,24,27)/t16-/m1/s1. The van der Waals surface area contributed by atoms with Crippen molar-refractivity contribution in [3.05, 3.63) is 45.9 Å². The zero-order valence-electron chi connectivity index (χ0n) is 16.8. The first-order chi connectivity index (χ1) is 14.0.